The number of aromatic nitrogens is 1. The molecule has 1 amide bonds. The highest BCUT2D eigenvalue weighted by molar-refractivity contribution is 7.22. The molecule has 0 saturated heterocycles. The summed E-state index contributed by atoms with van der Waals surface area (Å²) in [6.45, 7) is 1.26. The molecule has 0 saturated carbocycles. The molecule has 0 unspecified atom stereocenters. The number of carbonyl (C=O) groups excluding carboxylic acids is 1. The van der Waals surface area contributed by atoms with Gasteiger partial charge in [0.25, 0.3) is 5.91 Å². The Bertz CT molecular complexity index is 1000. The van der Waals surface area contributed by atoms with Crippen LogP contribution in [0.25, 0.3) is 16.3 Å². The molecule has 0 aliphatic heterocycles. The Kier molecular flexibility index (Phi) is 6.67. The first-order valence-corrected chi connectivity index (χ1v) is 10.0. The van der Waals surface area contributed by atoms with E-state index in [1.54, 1.807) is 30.2 Å². The van der Waals surface area contributed by atoms with Gasteiger partial charge in [0.2, 0.25) is 0 Å². The number of nitrogens with zero attached hydrogens (tertiary/aromatic N) is 3. The Morgan fingerprint density at radius 1 is 1.21 bits per heavy atom. The maximum Gasteiger partial charge on any atom is 0.252 e. The molecule has 2 aromatic carbocycles. The summed E-state index contributed by atoms with van der Waals surface area (Å²) < 4.78 is 6.26. The van der Waals surface area contributed by atoms with Crippen molar-refractivity contribution in [3.05, 3.63) is 59.1 Å². The lowest BCUT2D eigenvalue weighted by molar-refractivity contribution is -0.114. The summed E-state index contributed by atoms with van der Waals surface area (Å²) in [6.07, 6.45) is 3.28. The number of carbonyl (C=O) groups is 1. The second kappa shape index (κ2) is 9.19. The van der Waals surface area contributed by atoms with Crippen LogP contribution in [0.3, 0.4) is 0 Å². The van der Waals surface area contributed by atoms with E-state index in [-0.39, 0.29) is 5.91 Å². The lowest BCUT2D eigenvalue weighted by Crippen LogP contribution is -2.35. The molecule has 3 aromatic rings. The molecule has 0 fully saturated rings. The average Bonchev–Trinajstić information content (AvgIpc) is 3.09. The lowest BCUT2D eigenvalue weighted by Gasteiger charge is -2.20. The van der Waals surface area contributed by atoms with Crippen molar-refractivity contribution in [2.75, 3.05) is 39.2 Å². The SMILES string of the molecule is COc1ccc2nc(N(CCN(C)C)C(=O)C=Cc3ccccc3Cl)sc2c1. The molecule has 0 N–H and O–H groups in total. The van der Waals surface area contributed by atoms with E-state index >= 15 is 0 Å². The zero-order chi connectivity index (χ0) is 20.1. The standard InChI is InChI=1S/C21H22ClN3O2S/c1-24(2)12-13-25(20(26)11-8-15-6-4-5-7-17(15)22)21-23-18-10-9-16(27-3)14-19(18)28-21/h4-11,14H,12-13H2,1-3H3. The summed E-state index contributed by atoms with van der Waals surface area (Å²) in [6, 6.07) is 13.1. The number of benzene rings is 2. The van der Waals surface area contributed by atoms with Crippen LogP contribution in [0, 0.1) is 0 Å². The van der Waals surface area contributed by atoms with Crippen LogP contribution < -0.4 is 9.64 Å². The van der Waals surface area contributed by atoms with E-state index in [1.165, 1.54) is 11.3 Å². The fourth-order valence-electron chi connectivity index (χ4n) is 2.60. The summed E-state index contributed by atoms with van der Waals surface area (Å²) in [5.41, 5.74) is 1.65. The van der Waals surface area contributed by atoms with Gasteiger partial charge in [0.1, 0.15) is 5.75 Å². The highest BCUT2D eigenvalue weighted by atomic mass is 35.5. The van der Waals surface area contributed by atoms with Gasteiger partial charge >= 0.3 is 0 Å². The number of likely N-dealkylation sites (N-methyl/N-ethyl adjacent to an activating group) is 1. The van der Waals surface area contributed by atoms with Gasteiger partial charge in [-0.15, -0.1) is 0 Å². The second-order valence-corrected chi connectivity index (χ2v) is 7.89. The number of amides is 1. The predicted molar refractivity (Wildman–Crippen MR) is 118 cm³/mol. The Morgan fingerprint density at radius 3 is 2.71 bits per heavy atom. The van der Waals surface area contributed by atoms with Crippen LogP contribution in [0.2, 0.25) is 5.02 Å². The largest absolute Gasteiger partial charge is 0.497 e. The van der Waals surface area contributed by atoms with Gasteiger partial charge in [-0.05, 0) is 50.0 Å². The molecule has 0 bridgehead atoms. The number of thiazole rings is 1. The third-order valence-corrected chi connectivity index (χ3v) is 5.55. The number of ether oxygens (including phenoxy) is 1. The van der Waals surface area contributed by atoms with Gasteiger partial charge in [0, 0.05) is 24.2 Å². The third-order valence-electron chi connectivity index (χ3n) is 4.16. The molecule has 0 radical (unpaired) electrons. The van der Waals surface area contributed by atoms with Gasteiger partial charge in [-0.2, -0.15) is 0 Å². The molecule has 3 rings (SSSR count). The normalized spacial score (nSPS) is 11.5. The molecule has 146 valence electrons. The first-order valence-electron chi connectivity index (χ1n) is 8.81. The monoisotopic (exact) mass is 415 g/mol. The minimum Gasteiger partial charge on any atom is -0.497 e. The second-order valence-electron chi connectivity index (χ2n) is 6.48. The topological polar surface area (TPSA) is 45.7 Å². The quantitative estimate of drug-likeness (QED) is 0.530. The molecule has 0 aliphatic carbocycles. The van der Waals surface area contributed by atoms with Crippen LogP contribution >= 0.6 is 22.9 Å². The van der Waals surface area contributed by atoms with E-state index in [9.17, 15) is 4.79 Å². The molecule has 1 heterocycles. The number of halogens is 1. The Hall–Kier alpha value is -2.41. The van der Waals surface area contributed by atoms with Crippen molar-refractivity contribution in [2.45, 2.75) is 0 Å². The number of fused-ring (bicyclic) bond motifs is 1. The van der Waals surface area contributed by atoms with Crippen LogP contribution in [-0.4, -0.2) is 50.1 Å². The smallest absolute Gasteiger partial charge is 0.252 e. The minimum absolute atomic E-state index is 0.132. The van der Waals surface area contributed by atoms with E-state index in [1.807, 2.05) is 55.4 Å². The molecule has 28 heavy (non-hydrogen) atoms. The van der Waals surface area contributed by atoms with E-state index in [4.69, 9.17) is 16.3 Å². The molecule has 5 nitrogen and oxygen atoms in total. The van der Waals surface area contributed by atoms with Crippen LogP contribution in [0.5, 0.6) is 5.75 Å². The Balaban J connectivity index is 1.90. The van der Waals surface area contributed by atoms with Crippen LogP contribution in [-0.2, 0) is 4.79 Å². The average molecular weight is 416 g/mol. The van der Waals surface area contributed by atoms with Crippen LogP contribution in [0.15, 0.2) is 48.5 Å². The number of hydrogen-bond donors (Lipinski definition) is 0. The number of anilines is 1. The zero-order valence-corrected chi connectivity index (χ0v) is 17.6. The van der Waals surface area contributed by atoms with Gasteiger partial charge in [-0.25, -0.2) is 4.98 Å². The molecule has 0 spiro atoms. The van der Waals surface area contributed by atoms with Gasteiger partial charge in [0.05, 0.1) is 17.3 Å². The summed E-state index contributed by atoms with van der Waals surface area (Å²) in [7, 11) is 5.59. The first-order chi connectivity index (χ1) is 13.5. The van der Waals surface area contributed by atoms with Gasteiger partial charge in [-0.3, -0.25) is 9.69 Å². The Morgan fingerprint density at radius 2 is 2.00 bits per heavy atom. The summed E-state index contributed by atoms with van der Waals surface area (Å²) in [5.74, 6) is 0.639. The molecular formula is C21H22ClN3O2S. The van der Waals surface area contributed by atoms with E-state index in [0.717, 1.165) is 28.1 Å². The minimum atomic E-state index is -0.132. The maximum atomic E-state index is 13.0. The summed E-state index contributed by atoms with van der Waals surface area (Å²) >= 11 is 7.66. The fraction of sp³-hybridized carbons (Fsp3) is 0.238. The molecular weight excluding hydrogens is 394 g/mol. The van der Waals surface area contributed by atoms with Gasteiger partial charge < -0.3 is 9.64 Å². The summed E-state index contributed by atoms with van der Waals surface area (Å²) in [4.78, 5) is 21.3. The van der Waals surface area contributed by atoms with Crippen molar-refractivity contribution in [3.63, 3.8) is 0 Å². The van der Waals surface area contributed by atoms with E-state index < -0.39 is 0 Å². The number of rotatable bonds is 7. The van der Waals surface area contributed by atoms with Crippen molar-refractivity contribution >= 4 is 50.3 Å². The van der Waals surface area contributed by atoms with Crippen LogP contribution in [0.4, 0.5) is 5.13 Å². The van der Waals surface area contributed by atoms with Crippen molar-refractivity contribution in [2.24, 2.45) is 0 Å². The fourth-order valence-corrected chi connectivity index (χ4v) is 3.82. The van der Waals surface area contributed by atoms with Crippen molar-refractivity contribution in [1.82, 2.24) is 9.88 Å². The molecule has 0 aliphatic rings. The highest BCUT2D eigenvalue weighted by Gasteiger charge is 2.18. The van der Waals surface area contributed by atoms with Gasteiger partial charge in [0.15, 0.2) is 5.13 Å². The van der Waals surface area contributed by atoms with Crippen LogP contribution in [0.1, 0.15) is 5.56 Å². The van der Waals surface area contributed by atoms with Crippen molar-refractivity contribution in [1.29, 1.82) is 0 Å². The molecule has 7 heteroatoms. The van der Waals surface area contributed by atoms with E-state index in [2.05, 4.69) is 4.98 Å². The lowest BCUT2D eigenvalue weighted by atomic mass is 10.2. The zero-order valence-electron chi connectivity index (χ0n) is 16.1. The predicted octanol–water partition coefficient (Wildman–Crippen LogP) is 4.57. The Labute approximate surface area is 173 Å². The highest BCUT2D eigenvalue weighted by Crippen LogP contribution is 2.31. The summed E-state index contributed by atoms with van der Waals surface area (Å²) in [5, 5.41) is 1.28. The maximum absolute atomic E-state index is 13.0. The third kappa shape index (κ3) is 4.90. The molecule has 0 atom stereocenters. The first kappa shape index (κ1) is 20.3. The van der Waals surface area contributed by atoms with E-state index in [0.29, 0.717) is 16.7 Å². The molecule has 1 aromatic heterocycles. The number of hydrogen-bond acceptors (Lipinski definition) is 5. The van der Waals surface area contributed by atoms with Crippen molar-refractivity contribution in [3.8, 4) is 5.75 Å². The number of methoxy groups -OCH3 is 1. The van der Waals surface area contributed by atoms with Crippen molar-refractivity contribution < 1.29 is 9.53 Å². The van der Waals surface area contributed by atoms with Gasteiger partial charge in [-0.1, -0.05) is 41.1 Å².